The summed E-state index contributed by atoms with van der Waals surface area (Å²) in [7, 11) is 0. The summed E-state index contributed by atoms with van der Waals surface area (Å²) >= 11 is 0. The first kappa shape index (κ1) is 33.4. The summed E-state index contributed by atoms with van der Waals surface area (Å²) < 4.78 is 0. The minimum atomic E-state index is -1.29. The molecule has 0 saturated carbocycles. The van der Waals surface area contributed by atoms with Gasteiger partial charge in [0.2, 0.25) is 0 Å². The van der Waals surface area contributed by atoms with E-state index in [-0.39, 0.29) is 31.4 Å². The molecule has 13 nitrogen and oxygen atoms in total. The fourth-order valence-corrected chi connectivity index (χ4v) is 6.19. The number of fused-ring (bicyclic) bond motifs is 20. The van der Waals surface area contributed by atoms with Crippen molar-refractivity contribution in [1.82, 2.24) is 39.9 Å². The van der Waals surface area contributed by atoms with Crippen LogP contribution in [0.25, 0.3) is 89.7 Å². The van der Waals surface area contributed by atoms with E-state index in [0.29, 0.717) is 45.9 Å². The van der Waals surface area contributed by atoms with Crippen molar-refractivity contribution < 1.29 is 51.1 Å². The van der Waals surface area contributed by atoms with E-state index in [4.69, 9.17) is 60.3 Å². The maximum Gasteiger partial charge on any atom is 0.335 e. The van der Waals surface area contributed by atoms with Crippen molar-refractivity contribution in [2.24, 2.45) is 0 Å². The first-order valence-corrected chi connectivity index (χ1v) is 15.9. The van der Waals surface area contributed by atoms with Gasteiger partial charge >= 0.3 is 5.97 Å². The second-order valence-electron chi connectivity index (χ2n) is 11.8. The predicted molar refractivity (Wildman–Crippen MR) is 192 cm³/mol. The monoisotopic (exact) mass is 862 g/mol. The molecule has 0 unspecified atom stereocenters. The smallest absolute Gasteiger partial charge is 0.335 e. The van der Waals surface area contributed by atoms with Gasteiger partial charge in [-0.25, -0.2) is 14.8 Å². The minimum Gasteiger partial charge on any atom is -0.504 e. The van der Waals surface area contributed by atoms with E-state index in [0.717, 1.165) is 55.9 Å². The van der Waals surface area contributed by atoms with E-state index in [1.54, 1.807) is 0 Å². The Bertz CT molecular complexity index is 2620. The van der Waals surface area contributed by atoms with Gasteiger partial charge < -0.3 is 50.3 Å². The second-order valence-corrected chi connectivity index (χ2v) is 11.8. The van der Waals surface area contributed by atoms with E-state index in [1.807, 2.05) is 97.1 Å². The molecule has 8 aromatic rings. The van der Waals surface area contributed by atoms with Crippen LogP contribution in [0.1, 0.15) is 10.4 Å². The number of nitrogens with zero attached hydrogens (tertiary/aromatic N) is 8. The molecule has 3 aromatic heterocycles. The summed E-state index contributed by atoms with van der Waals surface area (Å²) in [5.41, 5.74) is 5.49. The average molecular weight is 861 g/mol. The van der Waals surface area contributed by atoms with E-state index >= 15 is 0 Å². The Balaban J connectivity index is 0.000000266. The van der Waals surface area contributed by atoms with Gasteiger partial charge in [0.15, 0.2) is 17.2 Å². The van der Waals surface area contributed by atoms with Crippen LogP contribution < -0.4 is 9.97 Å². The largest absolute Gasteiger partial charge is 0.504 e. The molecule has 2 aliphatic rings. The van der Waals surface area contributed by atoms with Crippen molar-refractivity contribution in [3.05, 3.63) is 115 Å². The van der Waals surface area contributed by atoms with Gasteiger partial charge in [-0.2, -0.15) is 0 Å². The molecule has 0 spiro atoms. The molecule has 8 bridgehead atoms. The molecule has 0 saturated heterocycles. The van der Waals surface area contributed by atoms with Gasteiger partial charge in [0.1, 0.15) is 0 Å². The van der Waals surface area contributed by atoms with Gasteiger partial charge in [0, 0.05) is 70.7 Å². The molecule has 2 aliphatic heterocycles. The number of phenolic OH excluding ortho intramolecular Hbond substituents is 3. The van der Waals surface area contributed by atoms with Crippen LogP contribution in [0.4, 0.5) is 0 Å². The Hall–Kier alpha value is -6.80. The predicted octanol–water partition coefficient (Wildman–Crippen LogP) is 6.63. The van der Waals surface area contributed by atoms with Crippen LogP contribution in [0.2, 0.25) is 0 Å². The number of aromatic carboxylic acids is 1. The van der Waals surface area contributed by atoms with Crippen molar-refractivity contribution >= 4 is 50.1 Å². The third kappa shape index (κ3) is 5.74. The van der Waals surface area contributed by atoms with Crippen LogP contribution in [0, 0.1) is 0 Å². The topological polar surface area (TPSA) is 204 Å². The van der Waals surface area contributed by atoms with Gasteiger partial charge in [-0.15, -0.1) is 0 Å². The van der Waals surface area contributed by atoms with Gasteiger partial charge in [-0.3, -0.25) is 0 Å². The van der Waals surface area contributed by atoms with Gasteiger partial charge in [0.05, 0.1) is 28.9 Å². The molecule has 0 atom stereocenters. The van der Waals surface area contributed by atoms with Crippen molar-refractivity contribution in [2.45, 2.75) is 0 Å². The molecule has 10 rings (SSSR count). The number of carboxylic acid groups (broad SMARTS) is 1. The fourth-order valence-electron chi connectivity index (χ4n) is 6.19. The molecule has 0 fully saturated rings. The van der Waals surface area contributed by atoms with E-state index in [9.17, 15) is 4.79 Å². The molecule has 0 aliphatic carbocycles. The van der Waals surface area contributed by atoms with Gasteiger partial charge in [0.25, 0.3) is 0 Å². The summed E-state index contributed by atoms with van der Waals surface area (Å²) in [4.78, 5) is 49.6. The molecule has 5 aromatic carbocycles. The second kappa shape index (κ2) is 13.1. The number of carboxylic acids is 1. The number of rotatable bonds is 1. The summed E-state index contributed by atoms with van der Waals surface area (Å²) in [5.74, 6) is -1.12. The Kier molecular flexibility index (Phi) is 8.22. The average Bonchev–Trinajstić information content (AvgIpc) is 3.90. The minimum absolute atomic E-state index is 0. The third-order valence-corrected chi connectivity index (χ3v) is 8.65. The molecule has 0 amide bonds. The van der Waals surface area contributed by atoms with Crippen molar-refractivity contribution in [1.29, 1.82) is 0 Å². The first-order chi connectivity index (χ1) is 25.3. The zero-order valence-corrected chi connectivity index (χ0v) is 30.8. The number of hydrogen-bond acceptors (Lipinski definition) is 10. The molecule has 254 valence electrons. The Morgan fingerprint density at radius 2 is 0.736 bits per heavy atom. The SMILES string of the molecule is O=C(O)c1cc(O)c(O)c(O)c1.[Hf].c1ccc2c(c1)-c1nc-2nc2[n-]c(nc3nc(nc4[n-]c(n1)c1ccccc41)-c1ccccc1-3)c1ccccc21. The Morgan fingerprint density at radius 3 is 1.02 bits per heavy atom. The van der Waals surface area contributed by atoms with Crippen molar-refractivity contribution in [3.8, 4) is 62.8 Å². The van der Waals surface area contributed by atoms with Crippen LogP contribution in [0.5, 0.6) is 17.2 Å². The zero-order valence-electron chi connectivity index (χ0n) is 27.2. The zero-order chi connectivity index (χ0) is 35.5. The van der Waals surface area contributed by atoms with Crippen LogP contribution in [-0.4, -0.2) is 56.3 Å². The summed E-state index contributed by atoms with van der Waals surface area (Å²) in [6.45, 7) is 0. The molecule has 4 N–H and O–H groups in total. The number of phenols is 3. The normalized spacial score (nSPS) is 11.2. The van der Waals surface area contributed by atoms with Crippen molar-refractivity contribution in [2.75, 3.05) is 0 Å². The number of carbonyl (C=O) groups is 1. The maximum absolute atomic E-state index is 10.3. The standard InChI is InChI=1S/C32H16N8.C7H6O5.Hf/c1-2-10-18-17(9-1)25-33-26(18)38-28-21-13-5-6-14-22(21)30(35-28)40-32-24-16-8-7-15-23(24)31(36-32)39-29-20-12-4-3-11-19(20)27(34-29)37-25;8-4-1-3(7(11)12)2-5(9)6(4)10;/h1-16H;1-2,8-10H,(H,11,12);/q-2;;. The number of hydrogen-bond donors (Lipinski definition) is 4. The summed E-state index contributed by atoms with van der Waals surface area (Å²) in [6, 6.07) is 33.5. The molecular weight excluding hydrogens is 839 g/mol. The summed E-state index contributed by atoms with van der Waals surface area (Å²) in [5, 5.41) is 38.5. The van der Waals surface area contributed by atoms with E-state index in [1.165, 1.54) is 0 Å². The molecule has 14 heteroatoms. The van der Waals surface area contributed by atoms with Crippen LogP contribution in [0.3, 0.4) is 0 Å². The van der Waals surface area contributed by atoms with Crippen LogP contribution in [0.15, 0.2) is 109 Å². The first-order valence-electron chi connectivity index (χ1n) is 15.9. The van der Waals surface area contributed by atoms with E-state index < -0.39 is 23.2 Å². The number of benzene rings is 5. The molecule has 5 heterocycles. The number of aromatic hydroxyl groups is 3. The third-order valence-electron chi connectivity index (χ3n) is 8.65. The molecular formula is C39H22HfN8O5-2. The van der Waals surface area contributed by atoms with Crippen LogP contribution in [-0.2, 0) is 25.8 Å². The van der Waals surface area contributed by atoms with E-state index in [2.05, 4.69) is 0 Å². The Morgan fingerprint density at radius 1 is 0.453 bits per heavy atom. The summed E-state index contributed by atoms with van der Waals surface area (Å²) in [6.07, 6.45) is 0. The maximum atomic E-state index is 10.3. The van der Waals surface area contributed by atoms with Crippen molar-refractivity contribution in [3.63, 3.8) is 0 Å². The quantitative estimate of drug-likeness (QED) is 0.101. The molecule has 0 radical (unpaired) electrons. The van der Waals surface area contributed by atoms with Gasteiger partial charge in [-0.1, -0.05) is 97.1 Å². The fraction of sp³-hybridized carbons (Fsp3) is 0. The van der Waals surface area contributed by atoms with Gasteiger partial charge in [-0.05, 0) is 33.7 Å². The van der Waals surface area contributed by atoms with Crippen LogP contribution >= 0.6 is 0 Å². The number of aromatic nitrogens is 8. The Labute approximate surface area is 317 Å². The molecule has 53 heavy (non-hydrogen) atoms.